The molecular formula is C21H22N2O2. The van der Waals surface area contributed by atoms with Gasteiger partial charge in [0.1, 0.15) is 5.82 Å². The summed E-state index contributed by atoms with van der Waals surface area (Å²) in [5, 5.41) is 14.2. The largest absolute Gasteiger partial charge is 0.392 e. The van der Waals surface area contributed by atoms with Crippen LogP contribution in [0.5, 0.6) is 0 Å². The number of pyridine rings is 1. The number of para-hydroxylation sites is 1. The molecule has 1 aromatic heterocycles. The second kappa shape index (κ2) is 7.21. The first-order chi connectivity index (χ1) is 12.3. The number of aliphatic hydroxyl groups is 1. The van der Waals surface area contributed by atoms with Crippen LogP contribution in [0.2, 0.25) is 0 Å². The smallest absolute Gasteiger partial charge is 0.132 e. The lowest BCUT2D eigenvalue weighted by Gasteiger charge is -2.20. The van der Waals surface area contributed by atoms with Gasteiger partial charge in [-0.05, 0) is 24.1 Å². The summed E-state index contributed by atoms with van der Waals surface area (Å²) >= 11 is 0. The van der Waals surface area contributed by atoms with E-state index < -0.39 is 0 Å². The van der Waals surface area contributed by atoms with E-state index in [1.165, 1.54) is 5.56 Å². The number of ether oxygens (including phenoxy) is 1. The molecule has 3 aromatic rings. The van der Waals surface area contributed by atoms with Gasteiger partial charge in [0.05, 0.1) is 18.2 Å². The quantitative estimate of drug-likeness (QED) is 0.743. The van der Waals surface area contributed by atoms with Gasteiger partial charge in [-0.2, -0.15) is 0 Å². The average molecular weight is 334 g/mol. The van der Waals surface area contributed by atoms with Gasteiger partial charge < -0.3 is 15.2 Å². The van der Waals surface area contributed by atoms with Crippen molar-refractivity contribution in [3.05, 3.63) is 71.8 Å². The van der Waals surface area contributed by atoms with Crippen molar-refractivity contribution in [2.45, 2.75) is 19.1 Å². The van der Waals surface area contributed by atoms with E-state index in [-0.39, 0.29) is 12.7 Å². The number of hydrogen-bond donors (Lipinski definition) is 2. The van der Waals surface area contributed by atoms with Crippen molar-refractivity contribution in [1.29, 1.82) is 0 Å². The Morgan fingerprint density at radius 2 is 1.88 bits per heavy atom. The van der Waals surface area contributed by atoms with Crippen molar-refractivity contribution in [2.75, 3.05) is 18.5 Å². The summed E-state index contributed by atoms with van der Waals surface area (Å²) < 4.78 is 5.96. The van der Waals surface area contributed by atoms with Crippen LogP contribution in [0.1, 0.15) is 23.7 Å². The van der Waals surface area contributed by atoms with Crippen molar-refractivity contribution in [3.8, 4) is 0 Å². The molecule has 2 N–H and O–H groups in total. The van der Waals surface area contributed by atoms with E-state index in [2.05, 4.69) is 29.6 Å². The van der Waals surface area contributed by atoms with Gasteiger partial charge in [-0.25, -0.2) is 4.98 Å². The van der Waals surface area contributed by atoms with Gasteiger partial charge in [0.2, 0.25) is 0 Å². The summed E-state index contributed by atoms with van der Waals surface area (Å²) in [5.41, 5.74) is 2.99. The van der Waals surface area contributed by atoms with E-state index in [4.69, 9.17) is 9.72 Å². The average Bonchev–Trinajstić information content (AvgIpc) is 3.15. The topological polar surface area (TPSA) is 54.4 Å². The van der Waals surface area contributed by atoms with Crippen LogP contribution in [-0.2, 0) is 11.3 Å². The molecular weight excluding hydrogens is 312 g/mol. The maximum absolute atomic E-state index is 9.70. The van der Waals surface area contributed by atoms with Crippen LogP contribution in [0.25, 0.3) is 10.9 Å². The van der Waals surface area contributed by atoms with E-state index in [0.717, 1.165) is 41.9 Å². The first kappa shape index (κ1) is 16.1. The summed E-state index contributed by atoms with van der Waals surface area (Å²) in [6.07, 6.45) is 1.14. The number of nitrogens with one attached hydrogen (secondary N) is 1. The molecule has 0 saturated carbocycles. The minimum absolute atomic E-state index is 0.0244. The maximum Gasteiger partial charge on any atom is 0.132 e. The Morgan fingerprint density at radius 3 is 2.72 bits per heavy atom. The number of rotatable bonds is 5. The zero-order chi connectivity index (χ0) is 17.1. The number of anilines is 1. The van der Waals surface area contributed by atoms with Crippen molar-refractivity contribution in [2.24, 2.45) is 5.92 Å². The molecule has 4 rings (SSSR count). The fourth-order valence-electron chi connectivity index (χ4n) is 3.52. The molecule has 1 aliphatic rings. The van der Waals surface area contributed by atoms with Crippen molar-refractivity contribution < 1.29 is 9.84 Å². The molecule has 0 spiro atoms. The molecule has 0 radical (unpaired) electrons. The molecule has 4 nitrogen and oxygen atoms in total. The van der Waals surface area contributed by atoms with Gasteiger partial charge in [-0.1, -0.05) is 48.5 Å². The summed E-state index contributed by atoms with van der Waals surface area (Å²) in [4.78, 5) is 4.69. The van der Waals surface area contributed by atoms with Crippen LogP contribution in [-0.4, -0.2) is 23.2 Å². The Bertz CT molecular complexity index is 851. The lowest BCUT2D eigenvalue weighted by molar-refractivity contribution is 0.0933. The van der Waals surface area contributed by atoms with Gasteiger partial charge in [0, 0.05) is 30.0 Å². The molecule has 128 valence electrons. The fourth-order valence-corrected chi connectivity index (χ4v) is 3.52. The highest BCUT2D eigenvalue weighted by Gasteiger charge is 2.29. The molecule has 2 atom stereocenters. The number of aliphatic hydroxyl groups excluding tert-OH is 1. The zero-order valence-corrected chi connectivity index (χ0v) is 14.1. The number of nitrogens with zero attached hydrogens (tertiary/aromatic N) is 1. The summed E-state index contributed by atoms with van der Waals surface area (Å²) in [6, 6.07) is 20.4. The first-order valence-electron chi connectivity index (χ1n) is 8.75. The third-order valence-electron chi connectivity index (χ3n) is 4.85. The van der Waals surface area contributed by atoms with Crippen LogP contribution in [0.15, 0.2) is 60.7 Å². The second-order valence-corrected chi connectivity index (χ2v) is 6.48. The van der Waals surface area contributed by atoms with Gasteiger partial charge in [-0.3, -0.25) is 0 Å². The van der Waals surface area contributed by atoms with Crippen LogP contribution in [0.3, 0.4) is 0 Å². The lowest BCUT2D eigenvalue weighted by atomic mass is 9.95. The highest BCUT2D eigenvalue weighted by atomic mass is 16.5. The second-order valence-electron chi connectivity index (χ2n) is 6.48. The molecule has 0 bridgehead atoms. The van der Waals surface area contributed by atoms with Crippen LogP contribution in [0, 0.1) is 5.92 Å². The molecule has 0 amide bonds. The number of fused-ring (bicyclic) bond motifs is 1. The van der Waals surface area contributed by atoms with Crippen molar-refractivity contribution in [3.63, 3.8) is 0 Å². The Balaban J connectivity index is 1.53. The molecule has 25 heavy (non-hydrogen) atoms. The zero-order valence-electron chi connectivity index (χ0n) is 14.1. The third-order valence-corrected chi connectivity index (χ3v) is 4.85. The number of benzene rings is 2. The number of hydrogen-bond acceptors (Lipinski definition) is 4. The van der Waals surface area contributed by atoms with Crippen LogP contribution >= 0.6 is 0 Å². The summed E-state index contributed by atoms with van der Waals surface area (Å²) in [7, 11) is 0. The minimum Gasteiger partial charge on any atom is -0.392 e. The van der Waals surface area contributed by atoms with Gasteiger partial charge in [0.25, 0.3) is 0 Å². The predicted octanol–water partition coefficient (Wildman–Crippen LogP) is 3.92. The number of aromatic nitrogens is 1. The Morgan fingerprint density at radius 1 is 1.08 bits per heavy atom. The third kappa shape index (κ3) is 3.36. The molecule has 4 heteroatoms. The molecule has 0 aliphatic carbocycles. The Hall–Kier alpha value is -2.43. The van der Waals surface area contributed by atoms with Crippen molar-refractivity contribution in [1.82, 2.24) is 4.98 Å². The SMILES string of the molecule is OCc1cc2ccccc2nc1NCC1CCOC1c1ccccc1. The van der Waals surface area contributed by atoms with E-state index in [1.807, 2.05) is 36.4 Å². The predicted molar refractivity (Wildman–Crippen MR) is 99.4 cm³/mol. The monoisotopic (exact) mass is 334 g/mol. The molecule has 2 aromatic carbocycles. The van der Waals surface area contributed by atoms with Crippen molar-refractivity contribution >= 4 is 16.7 Å². The van der Waals surface area contributed by atoms with E-state index in [0.29, 0.717) is 5.92 Å². The van der Waals surface area contributed by atoms with Gasteiger partial charge >= 0.3 is 0 Å². The van der Waals surface area contributed by atoms with E-state index in [1.54, 1.807) is 0 Å². The van der Waals surface area contributed by atoms with E-state index in [9.17, 15) is 5.11 Å². The van der Waals surface area contributed by atoms with Crippen LogP contribution in [0.4, 0.5) is 5.82 Å². The Labute approximate surface area is 147 Å². The van der Waals surface area contributed by atoms with Crippen LogP contribution < -0.4 is 5.32 Å². The van der Waals surface area contributed by atoms with E-state index >= 15 is 0 Å². The summed E-state index contributed by atoms with van der Waals surface area (Å²) in [6.45, 7) is 1.53. The normalized spacial score (nSPS) is 20.0. The van der Waals surface area contributed by atoms with Gasteiger partial charge in [0.15, 0.2) is 0 Å². The fraction of sp³-hybridized carbons (Fsp3) is 0.286. The minimum atomic E-state index is -0.0244. The molecule has 2 unspecified atom stereocenters. The molecule has 1 aliphatic heterocycles. The maximum atomic E-state index is 9.70. The lowest BCUT2D eigenvalue weighted by Crippen LogP contribution is -2.19. The molecule has 1 fully saturated rings. The highest BCUT2D eigenvalue weighted by Crippen LogP contribution is 2.34. The Kier molecular flexibility index (Phi) is 4.63. The first-order valence-corrected chi connectivity index (χ1v) is 8.75. The molecule has 2 heterocycles. The molecule has 1 saturated heterocycles. The summed E-state index contributed by atoms with van der Waals surface area (Å²) in [5.74, 6) is 1.15. The standard InChI is InChI=1S/C21H22N2O2/c24-14-18-12-16-8-4-5-9-19(16)23-21(18)22-13-17-10-11-25-20(17)15-6-2-1-3-7-15/h1-9,12,17,20,24H,10-11,13-14H2,(H,22,23). The van der Waals surface area contributed by atoms with Gasteiger partial charge in [-0.15, -0.1) is 0 Å². The highest BCUT2D eigenvalue weighted by molar-refractivity contribution is 5.81.